The molecule has 11 nitrogen and oxygen atoms in total. The summed E-state index contributed by atoms with van der Waals surface area (Å²) < 4.78 is 80.1. The van der Waals surface area contributed by atoms with E-state index in [1.54, 1.807) is 15.6 Å². The van der Waals surface area contributed by atoms with Crippen LogP contribution in [0.2, 0.25) is 0 Å². The number of carbonyl (C=O) groups excluding carboxylic acids is 2. The Balaban J connectivity index is 0.000000174. The molecule has 0 saturated carbocycles. The van der Waals surface area contributed by atoms with E-state index in [-0.39, 0.29) is 37.0 Å². The fraction of sp³-hybridized carbons (Fsp3) is 0.432. The lowest BCUT2D eigenvalue weighted by molar-refractivity contribution is -0.214. The van der Waals surface area contributed by atoms with Gasteiger partial charge in [0.15, 0.2) is 6.23 Å². The summed E-state index contributed by atoms with van der Waals surface area (Å²) in [5, 5.41) is 15.3. The number of hydrogen-bond acceptors (Lipinski definition) is 8. The highest BCUT2D eigenvalue weighted by atomic mass is 19.4. The van der Waals surface area contributed by atoms with E-state index in [1.165, 1.54) is 17.0 Å². The van der Waals surface area contributed by atoms with Crippen LogP contribution in [0.5, 0.6) is 0 Å². The van der Waals surface area contributed by atoms with Gasteiger partial charge in [0, 0.05) is 37.8 Å². The second-order valence-electron chi connectivity index (χ2n) is 13.2. The largest absolute Gasteiger partial charge is 0.434 e. The molecule has 2 N–H and O–H groups in total. The van der Waals surface area contributed by atoms with Crippen LogP contribution in [0.15, 0.2) is 66.3 Å². The minimum atomic E-state index is -4.84. The van der Waals surface area contributed by atoms with Gasteiger partial charge in [-0.05, 0) is 98.5 Å². The zero-order valence-electron chi connectivity index (χ0n) is 30.2. The smallest absolute Gasteiger partial charge is 0.427 e. The number of amides is 2. The van der Waals surface area contributed by atoms with Gasteiger partial charge >= 0.3 is 18.4 Å². The normalized spacial score (nSPS) is 20.8. The first-order chi connectivity index (χ1) is 25.9. The topological polar surface area (TPSA) is 112 Å². The zero-order chi connectivity index (χ0) is 38.1. The number of nitrogens with zero attached hydrogens (tertiary/aromatic N) is 5. The fourth-order valence-electron chi connectivity index (χ4n) is 6.95. The van der Waals surface area contributed by atoms with Crippen molar-refractivity contribution in [3.8, 4) is 5.69 Å². The predicted molar refractivity (Wildman–Crippen MR) is 183 cm³/mol. The lowest BCUT2D eigenvalue weighted by Crippen LogP contribution is -2.44. The van der Waals surface area contributed by atoms with Crippen molar-refractivity contribution in [1.82, 2.24) is 25.0 Å². The number of ether oxygens (including phenoxy) is 2. The lowest BCUT2D eigenvalue weighted by atomic mass is 9.93. The zero-order valence-corrected chi connectivity index (χ0v) is 28.2. The average Bonchev–Trinajstić information content (AvgIpc) is 3.69. The van der Waals surface area contributed by atoms with E-state index in [0.29, 0.717) is 37.4 Å². The standard InChI is InChI=1S/C20H21F4N3O3.C17H19N3O2/c21-14-2-4-17-13(9-14)1-3-15-10-16(25-27(15)17)12-5-7-26(8-6-12)19(29)30-18(11-28)20(22,23)24;21-17(19-10-4-1-5-11-19)22-16-12-14-9-8-13-6-2-3-7-15(13)20(14)18-16/h2,4,9-10,12,18,28H,1,3,5-8,11H2;2-3,6-9,12,16,18H,1,4-5,10-11H2/i10D;12D. The molecule has 2 fully saturated rings. The highest BCUT2D eigenvalue weighted by Gasteiger charge is 2.43. The van der Waals surface area contributed by atoms with Crippen molar-refractivity contribution in [1.29, 1.82) is 0 Å². The Bertz CT molecular complexity index is 1960. The molecule has 0 bridgehead atoms. The van der Waals surface area contributed by atoms with Crippen molar-refractivity contribution in [3.63, 3.8) is 0 Å². The second kappa shape index (κ2) is 15.0. The third-order valence-electron chi connectivity index (χ3n) is 9.75. The number of para-hydroxylation sites is 1. The number of allylic oxidation sites excluding steroid dienone is 1. The van der Waals surface area contributed by atoms with Crippen LogP contribution in [0.4, 0.5) is 32.8 Å². The van der Waals surface area contributed by atoms with Gasteiger partial charge in [-0.25, -0.2) is 18.7 Å². The third kappa shape index (κ3) is 7.65. The van der Waals surface area contributed by atoms with Crippen LogP contribution in [0.1, 0.15) is 63.3 Å². The number of carbonyl (C=O) groups is 2. The Kier molecular flexibility index (Phi) is 9.51. The number of fused-ring (bicyclic) bond motifs is 6. The molecular weight excluding hydrogens is 684 g/mol. The van der Waals surface area contributed by atoms with E-state index < -0.39 is 31.2 Å². The number of aryl methyl sites for hydroxylation is 1. The maximum Gasteiger partial charge on any atom is 0.427 e. The molecule has 5 aliphatic heterocycles. The minimum Gasteiger partial charge on any atom is -0.434 e. The number of alkyl halides is 3. The minimum absolute atomic E-state index is 0.130. The molecule has 2 amide bonds. The van der Waals surface area contributed by atoms with E-state index in [2.05, 4.69) is 15.3 Å². The van der Waals surface area contributed by atoms with Gasteiger partial charge in [-0.3, -0.25) is 5.01 Å². The van der Waals surface area contributed by atoms with Crippen LogP contribution in [-0.2, 0) is 22.3 Å². The number of aromatic nitrogens is 2. The number of hydrazine groups is 1. The van der Waals surface area contributed by atoms with E-state index in [0.717, 1.165) is 66.2 Å². The Labute approximate surface area is 300 Å². The van der Waals surface area contributed by atoms with E-state index in [4.69, 9.17) is 12.6 Å². The molecule has 3 aromatic rings. The van der Waals surface area contributed by atoms with Crippen LogP contribution in [-0.4, -0.2) is 88.2 Å². The van der Waals surface area contributed by atoms with Crippen LogP contribution in [0, 0.1) is 5.82 Å². The first-order valence-electron chi connectivity index (χ1n) is 18.4. The van der Waals surface area contributed by atoms with Gasteiger partial charge in [-0.1, -0.05) is 24.3 Å². The van der Waals surface area contributed by atoms with E-state index in [1.807, 2.05) is 41.4 Å². The molecule has 0 radical (unpaired) electrons. The first-order valence-corrected chi connectivity index (χ1v) is 17.4. The third-order valence-corrected chi connectivity index (χ3v) is 9.75. The summed E-state index contributed by atoms with van der Waals surface area (Å²) in [6, 6.07) is 13.0. The van der Waals surface area contributed by atoms with Gasteiger partial charge in [-0.15, -0.1) is 0 Å². The summed E-state index contributed by atoms with van der Waals surface area (Å²) in [5.41, 5.74) is 8.75. The van der Waals surface area contributed by atoms with Crippen LogP contribution < -0.4 is 10.4 Å². The molecule has 6 heterocycles. The van der Waals surface area contributed by atoms with Crippen molar-refractivity contribution < 1.29 is 44.5 Å². The number of piperidine rings is 2. The number of rotatable bonds is 4. The first kappa shape index (κ1) is 33.0. The molecule has 15 heteroatoms. The molecule has 1 aromatic heterocycles. The van der Waals surface area contributed by atoms with Crippen molar-refractivity contribution in [3.05, 3.63) is 94.7 Å². The van der Waals surface area contributed by atoms with Gasteiger partial charge in [-0.2, -0.15) is 23.7 Å². The van der Waals surface area contributed by atoms with Gasteiger partial charge in [0.25, 0.3) is 0 Å². The lowest BCUT2D eigenvalue weighted by Gasteiger charge is -2.31. The van der Waals surface area contributed by atoms with Crippen LogP contribution in [0.3, 0.4) is 0 Å². The molecule has 52 heavy (non-hydrogen) atoms. The van der Waals surface area contributed by atoms with E-state index in [9.17, 15) is 27.2 Å². The summed E-state index contributed by atoms with van der Waals surface area (Å²) in [7, 11) is 0. The van der Waals surface area contributed by atoms with Crippen LogP contribution in [0.25, 0.3) is 11.8 Å². The molecular formula is C37H40F4N6O5. The second-order valence-corrected chi connectivity index (χ2v) is 13.2. The maximum atomic E-state index is 13.5. The van der Waals surface area contributed by atoms with Crippen molar-refractivity contribution in [2.24, 2.45) is 0 Å². The van der Waals surface area contributed by atoms with Gasteiger partial charge in [0.2, 0.25) is 6.10 Å². The number of aliphatic hydroxyl groups excluding tert-OH is 1. The average molecular weight is 727 g/mol. The number of halogens is 4. The van der Waals surface area contributed by atoms with E-state index >= 15 is 0 Å². The Hall–Kier alpha value is -4.89. The van der Waals surface area contributed by atoms with Gasteiger partial charge < -0.3 is 24.4 Å². The number of aliphatic hydroxyl groups is 1. The predicted octanol–water partition coefficient (Wildman–Crippen LogP) is 6.22. The number of nitrogens with one attached hydrogen (secondary N) is 1. The molecule has 5 aliphatic rings. The number of likely N-dealkylation sites (tertiary alicyclic amines) is 2. The van der Waals surface area contributed by atoms with Crippen molar-refractivity contribution in [2.45, 2.75) is 69.4 Å². The molecule has 2 aromatic carbocycles. The van der Waals surface area contributed by atoms with Crippen molar-refractivity contribution in [2.75, 3.05) is 37.8 Å². The quantitative estimate of drug-likeness (QED) is 0.305. The van der Waals surface area contributed by atoms with Crippen LogP contribution >= 0.6 is 0 Å². The monoisotopic (exact) mass is 726 g/mol. The van der Waals surface area contributed by atoms with Gasteiger partial charge in [0.1, 0.15) is 5.82 Å². The Morgan fingerprint density at radius 3 is 2.48 bits per heavy atom. The summed E-state index contributed by atoms with van der Waals surface area (Å²) >= 11 is 0. The summed E-state index contributed by atoms with van der Waals surface area (Å²) in [6.45, 7) is 0.454. The molecule has 2 atom stereocenters. The van der Waals surface area contributed by atoms with Gasteiger partial charge in [0.05, 0.1) is 32.1 Å². The molecule has 0 aliphatic carbocycles. The summed E-state index contributed by atoms with van der Waals surface area (Å²) in [5.74, 6) is -0.455. The van der Waals surface area contributed by atoms with Crippen molar-refractivity contribution >= 4 is 23.9 Å². The Morgan fingerprint density at radius 1 is 0.981 bits per heavy atom. The Morgan fingerprint density at radius 2 is 1.73 bits per heavy atom. The summed E-state index contributed by atoms with van der Waals surface area (Å²) in [4.78, 5) is 27.2. The molecule has 2 saturated heterocycles. The fourth-order valence-corrected chi connectivity index (χ4v) is 6.95. The number of benzene rings is 2. The SMILES string of the molecule is [2H]C1=C2C=Cc3ccccc3N2NC1OC(=O)N1CCCCC1.[2H]c1c(C2CCN(C(=O)OC(CO)C(F)(F)F)CC2)nn2c1CCc1cc(F)ccc1-2. The molecule has 8 rings (SSSR count). The summed E-state index contributed by atoms with van der Waals surface area (Å²) in [6.07, 6.45) is -0.525. The number of hydrogen-bond donors (Lipinski definition) is 2. The molecule has 2 unspecified atom stereocenters. The highest BCUT2D eigenvalue weighted by molar-refractivity contribution is 5.77. The molecule has 276 valence electrons. The molecule has 0 spiro atoms. The highest BCUT2D eigenvalue weighted by Crippen LogP contribution is 2.34. The number of anilines is 1. The maximum absolute atomic E-state index is 13.5.